The van der Waals surface area contributed by atoms with Gasteiger partial charge in [0.25, 0.3) is 5.56 Å². The van der Waals surface area contributed by atoms with Crippen molar-refractivity contribution < 1.29 is 9.18 Å². The molecule has 1 atom stereocenters. The van der Waals surface area contributed by atoms with Gasteiger partial charge in [-0.3, -0.25) is 9.59 Å². The maximum absolute atomic E-state index is 13.9. The molecule has 2 heterocycles. The van der Waals surface area contributed by atoms with Crippen LogP contribution in [0.4, 0.5) is 4.39 Å². The molecule has 0 fully saturated rings. The monoisotopic (exact) mass is 361 g/mol. The first-order valence-electron chi connectivity index (χ1n) is 8.22. The van der Waals surface area contributed by atoms with Gasteiger partial charge in [-0.05, 0) is 38.3 Å². The molecule has 1 aliphatic rings. The molecule has 0 spiro atoms. The molecule has 0 saturated heterocycles. The van der Waals surface area contributed by atoms with Crippen molar-refractivity contribution in [2.24, 2.45) is 0 Å². The second kappa shape index (κ2) is 7.39. The smallest absolute Gasteiger partial charge is 0.254 e. The number of H-pyrrole nitrogens is 1. The Morgan fingerprint density at radius 2 is 2.24 bits per heavy atom. The predicted molar refractivity (Wildman–Crippen MR) is 95.3 cm³/mol. The highest BCUT2D eigenvalue weighted by atomic mass is 32.2. The minimum atomic E-state index is -0.241. The van der Waals surface area contributed by atoms with E-state index in [0.29, 0.717) is 28.4 Å². The number of rotatable bonds is 4. The molecule has 0 bridgehead atoms. The van der Waals surface area contributed by atoms with Gasteiger partial charge in [0.15, 0.2) is 0 Å². The molecule has 0 saturated carbocycles. The van der Waals surface area contributed by atoms with E-state index in [4.69, 9.17) is 0 Å². The first-order valence-corrected chi connectivity index (χ1v) is 9.21. The van der Waals surface area contributed by atoms with Crippen molar-refractivity contribution in [2.45, 2.75) is 44.0 Å². The van der Waals surface area contributed by atoms with Crippen molar-refractivity contribution in [3.63, 3.8) is 0 Å². The molecule has 5 nitrogen and oxygen atoms in total. The summed E-state index contributed by atoms with van der Waals surface area (Å²) in [6.07, 6.45) is 1.29. The van der Waals surface area contributed by atoms with Crippen molar-refractivity contribution in [1.29, 1.82) is 0 Å². The third-order valence-electron chi connectivity index (χ3n) is 4.30. The Kier molecular flexibility index (Phi) is 5.22. The third-order valence-corrected chi connectivity index (χ3v) is 5.46. The highest BCUT2D eigenvalue weighted by Gasteiger charge is 2.24. The molecule has 2 aromatic rings. The van der Waals surface area contributed by atoms with Crippen LogP contribution in [-0.4, -0.2) is 21.6 Å². The molecule has 2 N–H and O–H groups in total. The minimum Gasteiger partial charge on any atom is -0.349 e. The summed E-state index contributed by atoms with van der Waals surface area (Å²) < 4.78 is 13.9. The van der Waals surface area contributed by atoms with Crippen molar-refractivity contribution >= 4 is 17.7 Å². The van der Waals surface area contributed by atoms with Gasteiger partial charge >= 0.3 is 0 Å². The summed E-state index contributed by atoms with van der Waals surface area (Å²) >= 11 is 1.48. The Labute approximate surface area is 149 Å². The molecule has 1 aromatic heterocycles. The van der Waals surface area contributed by atoms with Gasteiger partial charge in [0, 0.05) is 28.3 Å². The van der Waals surface area contributed by atoms with Gasteiger partial charge in [-0.2, -0.15) is 0 Å². The zero-order valence-electron chi connectivity index (χ0n) is 14.2. The zero-order valence-corrected chi connectivity index (χ0v) is 15.0. The van der Waals surface area contributed by atoms with Crippen LogP contribution in [0.1, 0.15) is 41.5 Å². The van der Waals surface area contributed by atoms with Crippen molar-refractivity contribution in [3.8, 4) is 0 Å². The van der Waals surface area contributed by atoms with E-state index in [-0.39, 0.29) is 29.7 Å². The maximum Gasteiger partial charge on any atom is 0.254 e. The number of nitrogens with one attached hydrogen (secondary N) is 2. The Balaban J connectivity index is 1.67. The first-order chi connectivity index (χ1) is 12.0. The average Bonchev–Trinajstić information content (AvgIpc) is 2.55. The van der Waals surface area contributed by atoms with Gasteiger partial charge in [-0.1, -0.05) is 12.1 Å². The standard InChI is InChI=1S/C18H20FN3O2S/c1-10-12(18(24)21-11(2)20-10)6-7-16(23)22-15-8-9-25-17-13(15)4-3-5-14(17)19/h3-5,15H,6-9H2,1-2H3,(H,22,23)(H,20,21,24)/t15-/m0/s1. The Morgan fingerprint density at radius 1 is 1.44 bits per heavy atom. The number of hydrogen-bond donors (Lipinski definition) is 2. The zero-order chi connectivity index (χ0) is 18.0. The average molecular weight is 361 g/mol. The Morgan fingerprint density at radius 3 is 3.00 bits per heavy atom. The van der Waals surface area contributed by atoms with Crippen LogP contribution in [-0.2, 0) is 11.2 Å². The van der Waals surface area contributed by atoms with E-state index in [9.17, 15) is 14.0 Å². The molecule has 1 aromatic carbocycles. The van der Waals surface area contributed by atoms with Gasteiger partial charge < -0.3 is 10.3 Å². The normalized spacial score (nSPS) is 16.4. The lowest BCUT2D eigenvalue weighted by atomic mass is 10.0. The number of hydrogen-bond acceptors (Lipinski definition) is 4. The van der Waals surface area contributed by atoms with Gasteiger partial charge in [0.1, 0.15) is 11.6 Å². The van der Waals surface area contributed by atoms with E-state index < -0.39 is 0 Å². The molecular weight excluding hydrogens is 341 g/mol. The number of aromatic amines is 1. The minimum absolute atomic E-state index is 0.147. The van der Waals surface area contributed by atoms with E-state index in [2.05, 4.69) is 15.3 Å². The summed E-state index contributed by atoms with van der Waals surface area (Å²) in [5, 5.41) is 2.97. The number of carbonyl (C=O) groups excluding carboxylic acids is 1. The van der Waals surface area contributed by atoms with Gasteiger partial charge in [0.05, 0.1) is 6.04 Å². The summed E-state index contributed by atoms with van der Waals surface area (Å²) in [5.41, 5.74) is 1.82. The van der Waals surface area contributed by atoms with Crippen LogP contribution in [0.5, 0.6) is 0 Å². The van der Waals surface area contributed by atoms with Crippen LogP contribution in [0.15, 0.2) is 27.9 Å². The molecule has 1 amide bonds. The van der Waals surface area contributed by atoms with E-state index in [1.165, 1.54) is 17.8 Å². The lowest BCUT2D eigenvalue weighted by Crippen LogP contribution is -2.31. The molecular formula is C18H20FN3O2S. The fourth-order valence-corrected chi connectivity index (χ4v) is 4.23. The molecule has 0 radical (unpaired) electrons. The number of nitrogens with zero attached hydrogens (tertiary/aromatic N) is 1. The molecule has 7 heteroatoms. The largest absolute Gasteiger partial charge is 0.349 e. The molecule has 1 aliphatic heterocycles. The number of thioether (sulfide) groups is 1. The molecule has 3 rings (SSSR count). The van der Waals surface area contributed by atoms with Crippen molar-refractivity contribution in [2.75, 3.05) is 5.75 Å². The van der Waals surface area contributed by atoms with Gasteiger partial charge in [-0.25, -0.2) is 9.37 Å². The SMILES string of the molecule is Cc1nc(C)c(CCC(=O)N[C@H]2CCSc3c(F)cccc32)c(=O)[nH]1. The quantitative estimate of drug-likeness (QED) is 0.878. The fraction of sp³-hybridized carbons (Fsp3) is 0.389. The summed E-state index contributed by atoms with van der Waals surface area (Å²) in [6.45, 7) is 3.50. The lowest BCUT2D eigenvalue weighted by molar-refractivity contribution is -0.121. The van der Waals surface area contributed by atoms with Crippen LogP contribution < -0.4 is 10.9 Å². The summed E-state index contributed by atoms with van der Waals surface area (Å²) in [5.74, 6) is 0.939. The number of carbonyl (C=O) groups is 1. The summed E-state index contributed by atoms with van der Waals surface area (Å²) in [4.78, 5) is 31.8. The number of amides is 1. The second-order valence-electron chi connectivity index (χ2n) is 6.13. The molecule has 0 aliphatic carbocycles. The number of aromatic nitrogens is 2. The fourth-order valence-electron chi connectivity index (χ4n) is 3.09. The van der Waals surface area contributed by atoms with Crippen molar-refractivity contribution in [1.82, 2.24) is 15.3 Å². The van der Waals surface area contributed by atoms with Crippen LogP contribution in [0, 0.1) is 19.7 Å². The molecule has 132 valence electrons. The van der Waals surface area contributed by atoms with Crippen LogP contribution in [0.25, 0.3) is 0 Å². The topological polar surface area (TPSA) is 74.8 Å². The molecule has 0 unspecified atom stereocenters. The summed E-state index contributed by atoms with van der Waals surface area (Å²) in [7, 11) is 0. The highest BCUT2D eigenvalue weighted by molar-refractivity contribution is 7.99. The van der Waals surface area contributed by atoms with Crippen LogP contribution in [0.3, 0.4) is 0 Å². The highest BCUT2D eigenvalue weighted by Crippen LogP contribution is 2.37. The Hall–Kier alpha value is -2.15. The predicted octanol–water partition coefficient (Wildman–Crippen LogP) is 2.81. The van der Waals surface area contributed by atoms with E-state index in [1.54, 1.807) is 19.9 Å². The summed E-state index contributed by atoms with van der Waals surface area (Å²) in [6, 6.07) is 4.78. The lowest BCUT2D eigenvalue weighted by Gasteiger charge is -2.26. The van der Waals surface area contributed by atoms with E-state index >= 15 is 0 Å². The van der Waals surface area contributed by atoms with Crippen LogP contribution >= 0.6 is 11.8 Å². The van der Waals surface area contributed by atoms with E-state index in [1.807, 2.05) is 6.07 Å². The number of aryl methyl sites for hydroxylation is 2. The maximum atomic E-state index is 13.9. The molecule has 25 heavy (non-hydrogen) atoms. The number of benzene rings is 1. The first kappa shape index (κ1) is 17.7. The van der Waals surface area contributed by atoms with Gasteiger partial charge in [0.2, 0.25) is 5.91 Å². The Bertz CT molecular complexity index is 866. The third kappa shape index (κ3) is 3.92. The number of halogens is 1. The second-order valence-corrected chi connectivity index (χ2v) is 7.24. The number of fused-ring (bicyclic) bond motifs is 1. The van der Waals surface area contributed by atoms with E-state index in [0.717, 1.165) is 17.7 Å². The van der Waals surface area contributed by atoms with Crippen molar-refractivity contribution in [3.05, 3.63) is 57.0 Å². The van der Waals surface area contributed by atoms with Gasteiger partial charge in [-0.15, -0.1) is 11.8 Å². The van der Waals surface area contributed by atoms with Crippen LogP contribution in [0.2, 0.25) is 0 Å².